The highest BCUT2D eigenvalue weighted by Gasteiger charge is 2.17. The summed E-state index contributed by atoms with van der Waals surface area (Å²) in [5.41, 5.74) is 0.125. The Bertz CT molecular complexity index is 744. The predicted molar refractivity (Wildman–Crippen MR) is 93.7 cm³/mol. The summed E-state index contributed by atoms with van der Waals surface area (Å²) in [7, 11) is 1.67. The molecule has 1 amide bonds. The van der Waals surface area contributed by atoms with Gasteiger partial charge in [-0.15, -0.1) is 11.8 Å². The van der Waals surface area contributed by atoms with Crippen LogP contribution in [0.15, 0.2) is 39.6 Å². The number of carbonyl (C=O) groups is 2. The highest BCUT2D eigenvalue weighted by molar-refractivity contribution is 7.99. The number of hydrogen-bond acceptors (Lipinski definition) is 4. The molecule has 0 radical (unpaired) electrons. The molecule has 24 heavy (non-hydrogen) atoms. The number of carboxylic acids is 1. The van der Waals surface area contributed by atoms with Gasteiger partial charge in [0.2, 0.25) is 5.91 Å². The first-order valence-corrected chi connectivity index (χ1v) is 8.68. The van der Waals surface area contributed by atoms with E-state index in [9.17, 15) is 9.59 Å². The number of hydrogen-bond donors (Lipinski definition) is 1. The molecule has 0 saturated carbocycles. The van der Waals surface area contributed by atoms with Crippen LogP contribution < -0.4 is 0 Å². The van der Waals surface area contributed by atoms with Crippen molar-refractivity contribution in [2.45, 2.75) is 24.8 Å². The molecule has 2 aromatic rings. The highest BCUT2D eigenvalue weighted by atomic mass is 35.5. The minimum atomic E-state index is -1.03. The lowest BCUT2D eigenvalue weighted by molar-refractivity contribution is -0.130. The number of rotatable bonds is 7. The van der Waals surface area contributed by atoms with Crippen LogP contribution in [0.2, 0.25) is 5.02 Å². The number of amides is 1. The van der Waals surface area contributed by atoms with Crippen molar-refractivity contribution in [2.75, 3.05) is 12.8 Å². The third kappa shape index (κ3) is 4.79. The van der Waals surface area contributed by atoms with E-state index in [4.69, 9.17) is 21.1 Å². The standard InChI is InChI=1S/C17H18ClNO4S/c1-11-13(17(21)22)9-12(23-11)10-19(2)16(20)7-8-24-15-6-4-3-5-14(15)18/h3-6,9H,7-8,10H2,1-2H3,(H,21,22). The van der Waals surface area contributed by atoms with Crippen LogP contribution in [0.4, 0.5) is 0 Å². The van der Waals surface area contributed by atoms with Crippen molar-refractivity contribution in [3.05, 3.63) is 52.4 Å². The van der Waals surface area contributed by atoms with Crippen LogP contribution in [0, 0.1) is 6.92 Å². The van der Waals surface area contributed by atoms with Gasteiger partial charge >= 0.3 is 5.97 Å². The average molecular weight is 368 g/mol. The van der Waals surface area contributed by atoms with E-state index < -0.39 is 5.97 Å². The molecule has 5 nitrogen and oxygen atoms in total. The fourth-order valence-corrected chi connectivity index (χ4v) is 3.33. The Morgan fingerprint density at radius 3 is 2.67 bits per heavy atom. The number of halogens is 1. The lowest BCUT2D eigenvalue weighted by Crippen LogP contribution is -2.26. The first-order chi connectivity index (χ1) is 11.4. The summed E-state index contributed by atoms with van der Waals surface area (Å²) in [5, 5.41) is 9.69. The van der Waals surface area contributed by atoms with E-state index in [1.54, 1.807) is 14.0 Å². The summed E-state index contributed by atoms with van der Waals surface area (Å²) in [6.45, 7) is 1.83. The molecule has 1 heterocycles. The van der Waals surface area contributed by atoms with E-state index in [0.29, 0.717) is 28.7 Å². The van der Waals surface area contributed by atoms with Crippen molar-refractivity contribution in [1.29, 1.82) is 0 Å². The molecule has 1 N–H and O–H groups in total. The van der Waals surface area contributed by atoms with Crippen molar-refractivity contribution in [1.82, 2.24) is 4.90 Å². The summed E-state index contributed by atoms with van der Waals surface area (Å²) < 4.78 is 5.39. The predicted octanol–water partition coefficient (Wildman–Crippen LogP) is 4.08. The van der Waals surface area contributed by atoms with E-state index in [1.807, 2.05) is 24.3 Å². The first kappa shape index (κ1) is 18.4. The monoisotopic (exact) mass is 367 g/mol. The van der Waals surface area contributed by atoms with Crippen molar-refractivity contribution in [3.63, 3.8) is 0 Å². The zero-order valence-corrected chi connectivity index (χ0v) is 15.0. The summed E-state index contributed by atoms with van der Waals surface area (Å²) in [6.07, 6.45) is 0.359. The van der Waals surface area contributed by atoms with Crippen LogP contribution in [-0.2, 0) is 11.3 Å². The van der Waals surface area contributed by atoms with Gasteiger partial charge < -0.3 is 14.4 Å². The molecule has 128 valence electrons. The van der Waals surface area contributed by atoms with Crippen LogP contribution in [0.5, 0.6) is 0 Å². The zero-order chi connectivity index (χ0) is 17.7. The Balaban J connectivity index is 1.85. The van der Waals surface area contributed by atoms with Crippen LogP contribution in [0.1, 0.15) is 28.3 Å². The van der Waals surface area contributed by atoms with Gasteiger partial charge in [-0.25, -0.2) is 4.79 Å². The van der Waals surface area contributed by atoms with Gasteiger partial charge in [-0.3, -0.25) is 4.79 Å². The minimum absolute atomic E-state index is 0.0412. The molecule has 0 spiro atoms. The SMILES string of the molecule is Cc1oc(CN(C)C(=O)CCSc2ccccc2Cl)cc1C(=O)O. The third-order valence-corrected chi connectivity index (χ3v) is 4.95. The van der Waals surface area contributed by atoms with E-state index in [2.05, 4.69) is 0 Å². The number of carbonyl (C=O) groups excluding carboxylic acids is 1. The van der Waals surface area contributed by atoms with Crippen LogP contribution in [-0.4, -0.2) is 34.7 Å². The van der Waals surface area contributed by atoms with Gasteiger partial charge in [0, 0.05) is 24.1 Å². The van der Waals surface area contributed by atoms with Crippen LogP contribution >= 0.6 is 23.4 Å². The van der Waals surface area contributed by atoms with Crippen molar-refractivity contribution in [2.24, 2.45) is 0 Å². The zero-order valence-electron chi connectivity index (χ0n) is 13.4. The van der Waals surface area contributed by atoms with E-state index in [0.717, 1.165) is 4.90 Å². The second-order valence-electron chi connectivity index (χ2n) is 5.27. The molecule has 1 aromatic heterocycles. The number of carboxylic acid groups (broad SMARTS) is 1. The van der Waals surface area contributed by atoms with Crippen molar-refractivity contribution >= 4 is 35.2 Å². The van der Waals surface area contributed by atoms with Gasteiger partial charge in [0.15, 0.2) is 0 Å². The second-order valence-corrected chi connectivity index (χ2v) is 6.81. The summed E-state index contributed by atoms with van der Waals surface area (Å²) >= 11 is 7.60. The lowest BCUT2D eigenvalue weighted by atomic mass is 10.2. The van der Waals surface area contributed by atoms with Gasteiger partial charge in [0.25, 0.3) is 0 Å². The molecule has 0 fully saturated rings. The molecule has 2 rings (SSSR count). The smallest absolute Gasteiger partial charge is 0.339 e. The Hall–Kier alpha value is -1.92. The number of furan rings is 1. The molecular formula is C17H18ClNO4S. The van der Waals surface area contributed by atoms with Crippen LogP contribution in [0.3, 0.4) is 0 Å². The van der Waals surface area contributed by atoms with E-state index >= 15 is 0 Å². The largest absolute Gasteiger partial charge is 0.478 e. The molecule has 0 atom stereocenters. The third-order valence-electron chi connectivity index (χ3n) is 3.43. The molecule has 7 heteroatoms. The summed E-state index contributed by atoms with van der Waals surface area (Å²) in [5.74, 6) is 0.338. The maximum absolute atomic E-state index is 12.2. The van der Waals surface area contributed by atoms with Gasteiger partial charge in [-0.05, 0) is 25.1 Å². The molecule has 0 aliphatic heterocycles. The topological polar surface area (TPSA) is 70.8 Å². The lowest BCUT2D eigenvalue weighted by Gasteiger charge is -2.15. The Labute approximate surface area is 149 Å². The molecule has 0 aliphatic rings. The maximum Gasteiger partial charge on any atom is 0.339 e. The summed E-state index contributed by atoms with van der Waals surface area (Å²) in [4.78, 5) is 25.6. The van der Waals surface area contributed by atoms with Gasteiger partial charge in [-0.1, -0.05) is 23.7 Å². The molecular weight excluding hydrogens is 350 g/mol. The number of aromatic carboxylic acids is 1. The molecule has 0 bridgehead atoms. The van der Waals surface area contributed by atoms with Gasteiger partial charge in [0.05, 0.1) is 11.6 Å². The van der Waals surface area contributed by atoms with E-state index in [1.165, 1.54) is 22.7 Å². The minimum Gasteiger partial charge on any atom is -0.478 e. The van der Waals surface area contributed by atoms with Gasteiger partial charge in [0.1, 0.15) is 17.1 Å². The van der Waals surface area contributed by atoms with E-state index in [-0.39, 0.29) is 18.0 Å². The number of nitrogens with zero attached hydrogens (tertiary/aromatic N) is 1. The van der Waals surface area contributed by atoms with Crippen molar-refractivity contribution in [3.8, 4) is 0 Å². The van der Waals surface area contributed by atoms with Crippen LogP contribution in [0.25, 0.3) is 0 Å². The average Bonchev–Trinajstić information content (AvgIpc) is 2.89. The number of thioether (sulfide) groups is 1. The fraction of sp³-hybridized carbons (Fsp3) is 0.294. The molecule has 1 aromatic carbocycles. The normalized spacial score (nSPS) is 10.6. The highest BCUT2D eigenvalue weighted by Crippen LogP contribution is 2.27. The number of benzene rings is 1. The Morgan fingerprint density at radius 1 is 1.33 bits per heavy atom. The summed E-state index contributed by atoms with van der Waals surface area (Å²) in [6, 6.07) is 8.96. The molecule has 0 saturated heterocycles. The first-order valence-electron chi connectivity index (χ1n) is 7.32. The van der Waals surface area contributed by atoms with Crippen molar-refractivity contribution < 1.29 is 19.1 Å². The van der Waals surface area contributed by atoms with Gasteiger partial charge in [-0.2, -0.15) is 0 Å². The molecule has 0 aliphatic carbocycles. The fourth-order valence-electron chi connectivity index (χ4n) is 2.16. The quantitative estimate of drug-likeness (QED) is 0.746. The molecule has 0 unspecified atom stereocenters. The number of aryl methyl sites for hydroxylation is 1. The Kier molecular flexibility index (Phi) is 6.34. The second kappa shape index (κ2) is 8.26. The Morgan fingerprint density at radius 2 is 2.04 bits per heavy atom. The maximum atomic E-state index is 12.2.